The molecule has 5 heteroatoms. The molecule has 1 aliphatic rings. The molecule has 1 saturated heterocycles. The van der Waals surface area contributed by atoms with Crippen LogP contribution in [0.4, 0.5) is 0 Å². The molecule has 1 heterocycles. The second-order valence-electron chi connectivity index (χ2n) is 4.08. The highest BCUT2D eigenvalue weighted by atomic mass is 16.5. The maximum Gasteiger partial charge on any atom is 0.248 e. The Morgan fingerprint density at radius 3 is 2.75 bits per heavy atom. The summed E-state index contributed by atoms with van der Waals surface area (Å²) in [5.41, 5.74) is 0. The maximum atomic E-state index is 11.8. The molecule has 0 aromatic rings. The van der Waals surface area contributed by atoms with Crippen molar-refractivity contribution in [3.05, 3.63) is 0 Å². The van der Waals surface area contributed by atoms with E-state index in [9.17, 15) is 4.79 Å². The molecule has 1 fully saturated rings. The molecule has 0 N–H and O–H groups in total. The first-order valence-corrected chi connectivity index (χ1v) is 5.77. The average molecular weight is 230 g/mol. The Labute approximate surface area is 97.3 Å². The van der Waals surface area contributed by atoms with Crippen molar-refractivity contribution in [2.75, 3.05) is 60.2 Å². The predicted molar refractivity (Wildman–Crippen MR) is 61.4 cm³/mol. The zero-order chi connectivity index (χ0) is 11.8. The number of likely N-dealkylation sites (N-methyl/N-ethyl adjacent to an activating group) is 1. The lowest BCUT2D eigenvalue weighted by Gasteiger charge is -2.20. The standard InChI is InChI=1S/C11H22N2O3/c1-12-4-3-5-13(7-6-12)11(14)10-16-9-8-15-2/h3-10H2,1-2H3. The molecule has 0 unspecified atom stereocenters. The van der Waals surface area contributed by atoms with E-state index in [0.717, 1.165) is 32.6 Å². The Bertz CT molecular complexity index is 211. The molecule has 0 spiro atoms. The van der Waals surface area contributed by atoms with Crippen molar-refractivity contribution in [1.82, 2.24) is 9.80 Å². The summed E-state index contributed by atoms with van der Waals surface area (Å²) in [7, 11) is 3.71. The van der Waals surface area contributed by atoms with E-state index in [4.69, 9.17) is 9.47 Å². The van der Waals surface area contributed by atoms with Crippen molar-refractivity contribution in [3.8, 4) is 0 Å². The zero-order valence-corrected chi connectivity index (χ0v) is 10.3. The molecule has 1 amide bonds. The van der Waals surface area contributed by atoms with Gasteiger partial charge in [0.1, 0.15) is 6.61 Å². The molecule has 5 nitrogen and oxygen atoms in total. The van der Waals surface area contributed by atoms with Gasteiger partial charge in [0.05, 0.1) is 13.2 Å². The van der Waals surface area contributed by atoms with Crippen molar-refractivity contribution < 1.29 is 14.3 Å². The second kappa shape index (κ2) is 7.60. The van der Waals surface area contributed by atoms with Gasteiger partial charge < -0.3 is 19.3 Å². The summed E-state index contributed by atoms with van der Waals surface area (Å²) in [4.78, 5) is 15.9. The van der Waals surface area contributed by atoms with E-state index < -0.39 is 0 Å². The smallest absolute Gasteiger partial charge is 0.248 e. The normalized spacial score (nSPS) is 18.5. The van der Waals surface area contributed by atoms with Gasteiger partial charge in [-0.2, -0.15) is 0 Å². The molecule has 0 aromatic heterocycles. The van der Waals surface area contributed by atoms with E-state index in [1.165, 1.54) is 0 Å². The fraction of sp³-hybridized carbons (Fsp3) is 0.909. The topological polar surface area (TPSA) is 42.0 Å². The fourth-order valence-corrected chi connectivity index (χ4v) is 1.69. The van der Waals surface area contributed by atoms with Gasteiger partial charge in [0.15, 0.2) is 0 Å². The number of hydrogen-bond donors (Lipinski definition) is 0. The van der Waals surface area contributed by atoms with Gasteiger partial charge in [-0.15, -0.1) is 0 Å². The van der Waals surface area contributed by atoms with Gasteiger partial charge in [0.25, 0.3) is 0 Å². The first kappa shape index (κ1) is 13.4. The first-order valence-electron chi connectivity index (χ1n) is 5.77. The molecule has 0 bridgehead atoms. The van der Waals surface area contributed by atoms with Crippen LogP contribution >= 0.6 is 0 Å². The van der Waals surface area contributed by atoms with Crippen LogP contribution < -0.4 is 0 Å². The van der Waals surface area contributed by atoms with Crippen LogP contribution in [0, 0.1) is 0 Å². The molecule has 1 rings (SSSR count). The van der Waals surface area contributed by atoms with E-state index in [1.807, 2.05) is 4.90 Å². The minimum atomic E-state index is 0.0893. The minimum absolute atomic E-state index is 0.0893. The number of carbonyl (C=O) groups excluding carboxylic acids is 1. The summed E-state index contributed by atoms with van der Waals surface area (Å²) in [5.74, 6) is 0.0893. The average Bonchev–Trinajstić information content (AvgIpc) is 2.49. The van der Waals surface area contributed by atoms with Crippen molar-refractivity contribution in [2.24, 2.45) is 0 Å². The van der Waals surface area contributed by atoms with Crippen LogP contribution in [0.2, 0.25) is 0 Å². The molecule has 0 radical (unpaired) electrons. The summed E-state index contributed by atoms with van der Waals surface area (Å²) >= 11 is 0. The van der Waals surface area contributed by atoms with Crippen molar-refractivity contribution in [2.45, 2.75) is 6.42 Å². The summed E-state index contributed by atoms with van der Waals surface area (Å²) in [6.07, 6.45) is 1.04. The largest absolute Gasteiger partial charge is 0.382 e. The molecule has 0 aromatic carbocycles. The molecule has 0 saturated carbocycles. The number of nitrogens with zero attached hydrogens (tertiary/aromatic N) is 2. The quantitative estimate of drug-likeness (QED) is 0.614. The third kappa shape index (κ3) is 4.92. The van der Waals surface area contributed by atoms with E-state index >= 15 is 0 Å². The number of amides is 1. The molecule has 1 aliphatic heterocycles. The third-order valence-corrected chi connectivity index (χ3v) is 2.73. The van der Waals surface area contributed by atoms with Crippen molar-refractivity contribution in [1.29, 1.82) is 0 Å². The number of hydrogen-bond acceptors (Lipinski definition) is 4. The SMILES string of the molecule is COCCOCC(=O)N1CCCN(C)CC1. The highest BCUT2D eigenvalue weighted by Crippen LogP contribution is 2.01. The minimum Gasteiger partial charge on any atom is -0.382 e. The van der Waals surface area contributed by atoms with Gasteiger partial charge in [0, 0.05) is 26.7 Å². The lowest BCUT2D eigenvalue weighted by atomic mass is 10.4. The van der Waals surface area contributed by atoms with Crippen LogP contribution in [-0.4, -0.2) is 75.9 Å². The lowest BCUT2D eigenvalue weighted by molar-refractivity contribution is -0.136. The molecule has 0 aliphatic carbocycles. The Morgan fingerprint density at radius 2 is 2.00 bits per heavy atom. The van der Waals surface area contributed by atoms with Crippen LogP contribution in [0.3, 0.4) is 0 Å². The van der Waals surface area contributed by atoms with Gasteiger partial charge in [-0.05, 0) is 20.0 Å². The summed E-state index contributed by atoms with van der Waals surface area (Å²) < 4.78 is 10.1. The predicted octanol–water partition coefficient (Wildman–Crippen LogP) is -0.186. The Hall–Kier alpha value is -0.650. The van der Waals surface area contributed by atoms with Crippen LogP contribution in [-0.2, 0) is 14.3 Å². The van der Waals surface area contributed by atoms with Crippen LogP contribution in [0.5, 0.6) is 0 Å². The summed E-state index contributed by atoms with van der Waals surface area (Å²) in [5, 5.41) is 0. The molecule has 0 atom stereocenters. The Kier molecular flexibility index (Phi) is 6.37. The second-order valence-corrected chi connectivity index (χ2v) is 4.08. The first-order chi connectivity index (χ1) is 7.74. The lowest BCUT2D eigenvalue weighted by Crippen LogP contribution is -2.37. The van der Waals surface area contributed by atoms with E-state index in [-0.39, 0.29) is 12.5 Å². The maximum absolute atomic E-state index is 11.8. The van der Waals surface area contributed by atoms with Gasteiger partial charge in [-0.3, -0.25) is 4.79 Å². The van der Waals surface area contributed by atoms with E-state index in [1.54, 1.807) is 7.11 Å². The van der Waals surface area contributed by atoms with Crippen LogP contribution in [0.25, 0.3) is 0 Å². The van der Waals surface area contributed by atoms with Gasteiger partial charge >= 0.3 is 0 Å². The van der Waals surface area contributed by atoms with Gasteiger partial charge in [-0.25, -0.2) is 0 Å². The number of methoxy groups -OCH3 is 1. The third-order valence-electron chi connectivity index (χ3n) is 2.73. The zero-order valence-electron chi connectivity index (χ0n) is 10.3. The van der Waals surface area contributed by atoms with Gasteiger partial charge in [0.2, 0.25) is 5.91 Å². The monoisotopic (exact) mass is 230 g/mol. The number of carbonyl (C=O) groups is 1. The number of rotatable bonds is 5. The Balaban J connectivity index is 2.19. The fourth-order valence-electron chi connectivity index (χ4n) is 1.69. The van der Waals surface area contributed by atoms with Crippen molar-refractivity contribution >= 4 is 5.91 Å². The van der Waals surface area contributed by atoms with E-state index in [0.29, 0.717) is 13.2 Å². The Morgan fingerprint density at radius 1 is 1.19 bits per heavy atom. The van der Waals surface area contributed by atoms with Crippen molar-refractivity contribution in [3.63, 3.8) is 0 Å². The molecular formula is C11H22N2O3. The highest BCUT2D eigenvalue weighted by Gasteiger charge is 2.16. The van der Waals surface area contributed by atoms with Crippen LogP contribution in [0.1, 0.15) is 6.42 Å². The molecule has 16 heavy (non-hydrogen) atoms. The molecule has 94 valence electrons. The van der Waals surface area contributed by atoms with E-state index in [2.05, 4.69) is 11.9 Å². The summed E-state index contributed by atoms with van der Waals surface area (Å²) in [6.45, 7) is 4.86. The highest BCUT2D eigenvalue weighted by molar-refractivity contribution is 5.77. The van der Waals surface area contributed by atoms with Crippen LogP contribution in [0.15, 0.2) is 0 Å². The molecular weight excluding hydrogens is 208 g/mol. The number of ether oxygens (including phenoxy) is 2. The van der Waals surface area contributed by atoms with Gasteiger partial charge in [-0.1, -0.05) is 0 Å². The summed E-state index contributed by atoms with van der Waals surface area (Å²) in [6, 6.07) is 0.